The molecule has 0 atom stereocenters. The number of hydrogen-bond donors (Lipinski definition) is 0. The molecule has 0 unspecified atom stereocenters. The lowest BCUT2D eigenvalue weighted by Crippen LogP contribution is -2.31. The normalized spacial score (nSPS) is 14.5. The van der Waals surface area contributed by atoms with E-state index in [9.17, 15) is 0 Å². The molecule has 10 heteroatoms. The van der Waals surface area contributed by atoms with Crippen molar-refractivity contribution in [2.24, 2.45) is 0 Å². The summed E-state index contributed by atoms with van der Waals surface area (Å²) in [6.45, 7) is 53.5. The molecule has 0 saturated heterocycles. The summed E-state index contributed by atoms with van der Waals surface area (Å²) in [7, 11) is 0. The van der Waals surface area contributed by atoms with Gasteiger partial charge in [0.25, 0.3) is 23.6 Å². The predicted octanol–water partition coefficient (Wildman–Crippen LogP) is 26.1. The average molecular weight is 1480 g/mol. The number of imide groups is 2. The summed E-state index contributed by atoms with van der Waals surface area (Å²) in [5, 5.41) is 8.40. The van der Waals surface area contributed by atoms with Gasteiger partial charge in [-0.15, -0.1) is 0 Å². The molecule has 2 aliphatic heterocycles. The van der Waals surface area contributed by atoms with Gasteiger partial charge in [0.05, 0.1) is 101 Å². The van der Waals surface area contributed by atoms with Crippen molar-refractivity contribution in [1.82, 2.24) is 18.3 Å². The van der Waals surface area contributed by atoms with E-state index in [1.807, 2.05) is 24.3 Å². The number of fused-ring (bicyclic) bond motifs is 14. The van der Waals surface area contributed by atoms with Crippen LogP contribution in [0.1, 0.15) is 252 Å². The Morgan fingerprint density at radius 3 is 0.438 bits per heavy atom. The van der Waals surface area contributed by atoms with Crippen molar-refractivity contribution in [3.05, 3.63) is 261 Å². The molecule has 2 aliphatic rings. The molecule has 566 valence electrons. The number of hydrogen-bond acceptors (Lipinski definition) is 4. The summed E-state index contributed by atoms with van der Waals surface area (Å²) in [6, 6.07) is 68.3. The number of amides is 4. The van der Waals surface area contributed by atoms with Gasteiger partial charge in [0.15, 0.2) is 0 Å². The van der Waals surface area contributed by atoms with Crippen LogP contribution in [-0.2, 0) is 43.3 Å². The fraction of sp³-hybridized carbons (Fsp3) is 0.314. The van der Waals surface area contributed by atoms with Crippen molar-refractivity contribution < 1.29 is 19.2 Å². The van der Waals surface area contributed by atoms with Crippen LogP contribution in [-0.4, -0.2) is 41.9 Å². The van der Waals surface area contributed by atoms with Crippen LogP contribution in [0.15, 0.2) is 194 Å². The van der Waals surface area contributed by atoms with Gasteiger partial charge in [-0.2, -0.15) is 0 Å². The molecule has 0 N–H and O–H groups in total. The number of carbonyl (C=O) groups is 4. The van der Waals surface area contributed by atoms with Crippen molar-refractivity contribution in [3.63, 3.8) is 0 Å². The van der Waals surface area contributed by atoms with Gasteiger partial charge in [-0.1, -0.05) is 215 Å². The van der Waals surface area contributed by atoms with E-state index in [0.717, 1.165) is 87.2 Å². The van der Waals surface area contributed by atoms with Crippen LogP contribution < -0.4 is 9.80 Å². The standard InChI is InChI=1S/C102H104N6O4/c1-95(2,3)57-25-37-75-67(49-57)68-50-58(96(4,5)6)26-38-76(68)105(75)83-45-46-84(106-77-39-27-59(97(7,8)9)51-69(77)70-52-60(98(10,11)12)28-40-78(70)106)88-87(83)91(109)103(92(88)110)65-33-35-66(36-34-65)104-93(111)89-85(107-79-41-29-61(99(13,14)15)53-71(79)72-54-62(100(16,17)18)30-42-80(72)107)47-48-86(90(89)94(104)112)108-81-43-31-63(101(19,20)21)55-73(81)74-56-64(102(22,23)24)32-44-82(74)108/h25-56H,1-24H3. The molecule has 10 nitrogen and oxygen atoms in total. The minimum atomic E-state index is -0.496. The first-order chi connectivity index (χ1) is 52.3. The second kappa shape index (κ2) is 24.2. The first kappa shape index (κ1) is 73.7. The zero-order chi connectivity index (χ0) is 80.0. The van der Waals surface area contributed by atoms with Crippen LogP contribution in [0.25, 0.3) is 110 Å². The smallest absolute Gasteiger partial charge is 0.268 e. The molecule has 0 bridgehead atoms. The number of anilines is 2. The summed E-state index contributed by atoms with van der Waals surface area (Å²) < 4.78 is 8.73. The molecule has 4 amide bonds. The van der Waals surface area contributed by atoms with Crippen molar-refractivity contribution in [2.45, 2.75) is 209 Å². The summed E-state index contributed by atoms with van der Waals surface area (Å²) in [5.74, 6) is -1.99. The Morgan fingerprint density at radius 1 is 0.179 bits per heavy atom. The lowest BCUT2D eigenvalue weighted by atomic mass is 9.85. The number of benzene rings is 11. The molecule has 4 aromatic heterocycles. The molecule has 0 saturated carbocycles. The maximum atomic E-state index is 16.6. The second-order valence-electron chi connectivity index (χ2n) is 40.3. The van der Waals surface area contributed by atoms with E-state index < -0.39 is 23.6 Å². The number of rotatable bonds is 6. The summed E-state index contributed by atoms with van der Waals surface area (Å²) in [4.78, 5) is 69.1. The van der Waals surface area contributed by atoms with Crippen molar-refractivity contribution in [2.75, 3.05) is 9.80 Å². The Bertz CT molecular complexity index is 5590. The third-order valence-corrected chi connectivity index (χ3v) is 24.3. The molecule has 0 radical (unpaired) electrons. The fourth-order valence-corrected chi connectivity index (χ4v) is 17.5. The van der Waals surface area contributed by atoms with Gasteiger partial charge >= 0.3 is 0 Å². The highest BCUT2D eigenvalue weighted by atomic mass is 16.2. The molecule has 0 fully saturated rings. The Kier molecular flexibility index (Phi) is 15.9. The van der Waals surface area contributed by atoms with Crippen LogP contribution in [0, 0.1) is 0 Å². The monoisotopic (exact) mass is 1480 g/mol. The highest BCUT2D eigenvalue weighted by molar-refractivity contribution is 6.39. The fourth-order valence-electron chi connectivity index (χ4n) is 17.5. The Hall–Kier alpha value is -11.1. The molecule has 6 heterocycles. The van der Waals surface area contributed by atoms with Gasteiger partial charge in [-0.3, -0.25) is 19.2 Å². The van der Waals surface area contributed by atoms with Gasteiger partial charge in [0.1, 0.15) is 0 Å². The van der Waals surface area contributed by atoms with E-state index in [1.54, 1.807) is 24.3 Å². The molecular weight excluding hydrogens is 1370 g/mol. The van der Waals surface area contributed by atoms with Crippen LogP contribution in [0.5, 0.6) is 0 Å². The Labute approximate surface area is 658 Å². The summed E-state index contributed by atoms with van der Waals surface area (Å²) >= 11 is 0. The maximum absolute atomic E-state index is 16.6. The van der Waals surface area contributed by atoms with Crippen LogP contribution in [0.3, 0.4) is 0 Å². The van der Waals surface area contributed by atoms with Crippen LogP contribution in [0.4, 0.5) is 11.4 Å². The van der Waals surface area contributed by atoms with Gasteiger partial charge in [-0.05, 0) is 233 Å². The summed E-state index contributed by atoms with van der Waals surface area (Å²) in [5.41, 5.74) is 19.3. The molecule has 17 rings (SSSR count). The van der Waals surface area contributed by atoms with Gasteiger partial charge in [-0.25, -0.2) is 9.80 Å². The Morgan fingerprint density at radius 2 is 0.312 bits per heavy atom. The Balaban J connectivity index is 0.872. The third-order valence-electron chi connectivity index (χ3n) is 24.3. The topological polar surface area (TPSA) is 94.5 Å². The average Bonchev–Trinajstić information content (AvgIpc) is 1.54. The molecule has 11 aromatic carbocycles. The van der Waals surface area contributed by atoms with E-state index in [1.165, 1.54) is 54.3 Å². The summed E-state index contributed by atoms with van der Waals surface area (Å²) in [6.07, 6.45) is 0. The van der Waals surface area contributed by atoms with E-state index >= 15 is 19.2 Å². The van der Waals surface area contributed by atoms with Gasteiger partial charge < -0.3 is 18.3 Å². The number of carbonyl (C=O) groups excluding carboxylic acids is 4. The van der Waals surface area contributed by atoms with E-state index in [4.69, 9.17) is 0 Å². The highest BCUT2D eigenvalue weighted by Crippen LogP contribution is 2.49. The minimum Gasteiger partial charge on any atom is -0.308 e. The van der Waals surface area contributed by atoms with Crippen LogP contribution in [0.2, 0.25) is 0 Å². The molecule has 15 aromatic rings. The molecular formula is C102H104N6O4. The largest absolute Gasteiger partial charge is 0.308 e. The van der Waals surface area contributed by atoms with Crippen molar-refractivity contribution >= 4 is 122 Å². The molecule has 0 aliphatic carbocycles. The van der Waals surface area contributed by atoms with Gasteiger partial charge in [0.2, 0.25) is 0 Å². The maximum Gasteiger partial charge on any atom is 0.268 e. The first-order valence-electron chi connectivity index (χ1n) is 39.9. The quantitative estimate of drug-likeness (QED) is 0.155. The number of nitrogens with zero attached hydrogens (tertiary/aromatic N) is 6. The zero-order valence-corrected chi connectivity index (χ0v) is 69.8. The molecule has 0 spiro atoms. The predicted molar refractivity (Wildman–Crippen MR) is 469 cm³/mol. The van der Waals surface area contributed by atoms with E-state index in [2.05, 4.69) is 330 Å². The zero-order valence-electron chi connectivity index (χ0n) is 69.8. The van der Waals surface area contributed by atoms with Crippen molar-refractivity contribution in [1.29, 1.82) is 0 Å². The van der Waals surface area contributed by atoms with Crippen molar-refractivity contribution in [3.8, 4) is 22.7 Å². The molecule has 112 heavy (non-hydrogen) atoms. The minimum absolute atomic E-state index is 0.163. The van der Waals surface area contributed by atoms with E-state index in [0.29, 0.717) is 22.7 Å². The number of aromatic nitrogens is 4. The highest BCUT2D eigenvalue weighted by Gasteiger charge is 2.46. The van der Waals surface area contributed by atoms with E-state index in [-0.39, 0.29) is 76.9 Å². The first-order valence-corrected chi connectivity index (χ1v) is 39.9. The van der Waals surface area contributed by atoms with Gasteiger partial charge in [0, 0.05) is 43.1 Å². The lowest BCUT2D eigenvalue weighted by molar-refractivity contribution is 0.0909. The SMILES string of the molecule is CC(C)(C)c1ccc2c(c1)c1cc(C(C)(C)C)ccc1n2-c1ccc(-n2c3ccc(C(C)(C)C)cc3c3cc(C(C)(C)C)ccc32)c2c1C(=O)N(c1ccc(N3C(=O)c4c(-n5c6ccc(C(C)(C)C)cc6c6cc(C(C)(C)C)ccc65)ccc(-n5c6ccc(C(C)(C)C)cc6c6cc(C(C)(C)C)ccc65)c4C3=O)cc1)C2=O. The second-order valence-corrected chi connectivity index (χ2v) is 40.3. The van der Waals surface area contributed by atoms with Crippen LogP contribution >= 0.6 is 0 Å². The lowest BCUT2D eigenvalue weighted by Gasteiger charge is -2.20. The third kappa shape index (κ3) is 11.4.